The van der Waals surface area contributed by atoms with E-state index in [0.717, 1.165) is 0 Å². The second kappa shape index (κ2) is 4.01. The van der Waals surface area contributed by atoms with E-state index in [-0.39, 0.29) is 29.3 Å². The number of aliphatic hydroxyl groups is 2. The highest BCUT2D eigenvalue weighted by atomic mass is 16.3. The molecule has 0 heterocycles. The Labute approximate surface area is 95.0 Å². The lowest BCUT2D eigenvalue weighted by atomic mass is 9.67. The van der Waals surface area contributed by atoms with Crippen LogP contribution in [0.5, 0.6) is 0 Å². The van der Waals surface area contributed by atoms with Crippen molar-refractivity contribution in [3.8, 4) is 0 Å². The van der Waals surface area contributed by atoms with E-state index < -0.39 is 17.4 Å². The molecule has 1 aliphatic rings. The third-order valence-electron chi connectivity index (χ3n) is 3.28. The van der Waals surface area contributed by atoms with Gasteiger partial charge in [0.25, 0.3) is 0 Å². The number of ketones is 2. The lowest BCUT2D eigenvalue weighted by molar-refractivity contribution is -0.134. The minimum Gasteiger partial charge on any atom is -0.512 e. The van der Waals surface area contributed by atoms with Crippen molar-refractivity contribution in [2.45, 2.75) is 39.7 Å². The molecule has 90 valence electrons. The molecular formula is C12H18O4. The van der Waals surface area contributed by atoms with Gasteiger partial charge in [0.1, 0.15) is 11.5 Å². The van der Waals surface area contributed by atoms with Gasteiger partial charge in [0, 0.05) is 17.9 Å². The third-order valence-corrected chi connectivity index (χ3v) is 3.28. The Bertz CT molecular complexity index is 365. The van der Waals surface area contributed by atoms with Crippen LogP contribution in [0.3, 0.4) is 0 Å². The molecule has 0 radical (unpaired) electrons. The van der Waals surface area contributed by atoms with E-state index >= 15 is 0 Å². The highest BCUT2D eigenvalue weighted by Gasteiger charge is 2.46. The van der Waals surface area contributed by atoms with Crippen LogP contribution in [-0.2, 0) is 9.59 Å². The molecule has 0 aromatic heterocycles. The van der Waals surface area contributed by atoms with Gasteiger partial charge >= 0.3 is 0 Å². The minimum absolute atomic E-state index is 0.0451. The summed E-state index contributed by atoms with van der Waals surface area (Å²) in [6, 6.07) is 0. The van der Waals surface area contributed by atoms with Crippen LogP contribution in [0.4, 0.5) is 0 Å². The number of hydrogen-bond donors (Lipinski definition) is 2. The first-order valence-corrected chi connectivity index (χ1v) is 5.34. The molecule has 0 saturated heterocycles. The van der Waals surface area contributed by atoms with E-state index in [4.69, 9.17) is 0 Å². The highest BCUT2D eigenvalue weighted by Crippen LogP contribution is 2.41. The predicted molar refractivity (Wildman–Crippen MR) is 58.9 cm³/mol. The maximum absolute atomic E-state index is 11.5. The number of hydrogen-bond acceptors (Lipinski definition) is 4. The summed E-state index contributed by atoms with van der Waals surface area (Å²) in [5.41, 5.74) is -1.01. The van der Waals surface area contributed by atoms with Crippen LogP contribution in [0.15, 0.2) is 11.3 Å². The van der Waals surface area contributed by atoms with Crippen LogP contribution >= 0.6 is 0 Å². The van der Waals surface area contributed by atoms with Crippen molar-refractivity contribution in [2.24, 2.45) is 11.8 Å². The molecule has 0 saturated carbocycles. The topological polar surface area (TPSA) is 74.6 Å². The fraction of sp³-hybridized carbons (Fsp3) is 0.667. The Morgan fingerprint density at radius 1 is 1.38 bits per heavy atom. The van der Waals surface area contributed by atoms with Crippen molar-refractivity contribution in [3.05, 3.63) is 11.3 Å². The molecule has 0 aromatic carbocycles. The predicted octanol–water partition coefficient (Wildman–Crippen LogP) is 1.38. The molecule has 4 nitrogen and oxygen atoms in total. The summed E-state index contributed by atoms with van der Waals surface area (Å²) in [6.45, 7) is 5.96. The van der Waals surface area contributed by atoms with Crippen LogP contribution in [0, 0.1) is 11.8 Å². The highest BCUT2D eigenvalue weighted by molar-refractivity contribution is 5.96. The number of rotatable bonds is 2. The molecule has 0 unspecified atom stereocenters. The molecule has 16 heavy (non-hydrogen) atoms. The molecule has 3 atom stereocenters. The fourth-order valence-electron chi connectivity index (χ4n) is 2.83. The zero-order chi connectivity index (χ0) is 12.7. The third kappa shape index (κ3) is 2.02. The molecule has 1 rings (SSSR count). The zero-order valence-corrected chi connectivity index (χ0v) is 10.1. The van der Waals surface area contributed by atoms with Gasteiger partial charge in [-0.1, -0.05) is 6.92 Å². The molecule has 0 aliphatic heterocycles. The second-order valence-electron chi connectivity index (χ2n) is 4.83. The SMILES string of the molecule is CC(=O)C1=C(O)C[C@@](C)(O)[C@H](C(C)=O)[C@@H]1C. The Hall–Kier alpha value is -1.16. The lowest BCUT2D eigenvalue weighted by Gasteiger charge is -2.40. The molecule has 2 N–H and O–H groups in total. The van der Waals surface area contributed by atoms with E-state index in [2.05, 4.69) is 0 Å². The Morgan fingerprint density at radius 2 is 1.88 bits per heavy atom. The molecule has 4 heteroatoms. The van der Waals surface area contributed by atoms with Gasteiger partial charge in [-0.25, -0.2) is 0 Å². The molecule has 0 fully saturated rings. The number of carbonyl (C=O) groups excluding carboxylic acids is 2. The zero-order valence-electron chi connectivity index (χ0n) is 10.1. The number of allylic oxidation sites excluding steroid dienone is 1. The molecular weight excluding hydrogens is 208 g/mol. The van der Waals surface area contributed by atoms with E-state index in [1.54, 1.807) is 6.92 Å². The summed E-state index contributed by atoms with van der Waals surface area (Å²) < 4.78 is 0. The maximum atomic E-state index is 11.5. The van der Waals surface area contributed by atoms with Crippen LogP contribution in [0.25, 0.3) is 0 Å². The van der Waals surface area contributed by atoms with Gasteiger partial charge in [0.15, 0.2) is 5.78 Å². The van der Waals surface area contributed by atoms with Crippen molar-refractivity contribution in [3.63, 3.8) is 0 Å². The molecule has 0 bridgehead atoms. The molecule has 0 amide bonds. The molecule has 0 spiro atoms. The fourth-order valence-corrected chi connectivity index (χ4v) is 2.83. The number of aliphatic hydroxyl groups excluding tert-OH is 1. The van der Waals surface area contributed by atoms with Gasteiger partial charge in [-0.05, 0) is 20.8 Å². The smallest absolute Gasteiger partial charge is 0.159 e. The van der Waals surface area contributed by atoms with Crippen molar-refractivity contribution < 1.29 is 19.8 Å². The van der Waals surface area contributed by atoms with Crippen LogP contribution in [-0.4, -0.2) is 27.4 Å². The second-order valence-corrected chi connectivity index (χ2v) is 4.83. The minimum atomic E-state index is -1.28. The summed E-state index contributed by atoms with van der Waals surface area (Å²) in [5, 5.41) is 19.9. The lowest BCUT2D eigenvalue weighted by Crippen LogP contribution is -2.47. The number of carbonyl (C=O) groups is 2. The van der Waals surface area contributed by atoms with Crippen LogP contribution in [0.2, 0.25) is 0 Å². The van der Waals surface area contributed by atoms with Crippen LogP contribution < -0.4 is 0 Å². The molecule has 0 aromatic rings. The summed E-state index contributed by atoms with van der Waals surface area (Å²) in [6.07, 6.45) is -0.0451. The largest absolute Gasteiger partial charge is 0.512 e. The summed E-state index contributed by atoms with van der Waals surface area (Å²) in [5.74, 6) is -1.58. The first-order chi connectivity index (χ1) is 7.18. The van der Waals surface area contributed by atoms with Crippen molar-refractivity contribution in [1.82, 2.24) is 0 Å². The maximum Gasteiger partial charge on any atom is 0.159 e. The summed E-state index contributed by atoms with van der Waals surface area (Å²) in [7, 11) is 0. The standard InChI is InChI=1S/C12H18O4/c1-6-10(7(2)13)9(15)5-12(4,16)11(6)8(3)14/h6,11,15-16H,5H2,1-4H3/t6-,11+,12-/m1/s1. The van der Waals surface area contributed by atoms with Gasteiger partial charge in [-0.15, -0.1) is 0 Å². The Balaban J connectivity index is 3.27. The van der Waals surface area contributed by atoms with Gasteiger partial charge in [-0.3, -0.25) is 9.59 Å². The number of Topliss-reactive ketones (excluding diaryl/α,β-unsaturated/α-hetero) is 2. The van der Waals surface area contributed by atoms with Crippen molar-refractivity contribution >= 4 is 11.6 Å². The van der Waals surface area contributed by atoms with Gasteiger partial charge < -0.3 is 10.2 Å². The quantitative estimate of drug-likeness (QED) is 0.746. The van der Waals surface area contributed by atoms with Crippen molar-refractivity contribution in [2.75, 3.05) is 0 Å². The van der Waals surface area contributed by atoms with E-state index in [0.29, 0.717) is 0 Å². The van der Waals surface area contributed by atoms with Gasteiger partial charge in [0.05, 0.1) is 11.5 Å². The first-order valence-electron chi connectivity index (χ1n) is 5.34. The van der Waals surface area contributed by atoms with E-state index in [1.807, 2.05) is 0 Å². The Morgan fingerprint density at radius 3 is 2.25 bits per heavy atom. The normalized spacial score (nSPS) is 35.1. The summed E-state index contributed by atoms with van der Waals surface area (Å²) >= 11 is 0. The van der Waals surface area contributed by atoms with E-state index in [9.17, 15) is 19.8 Å². The molecule has 1 aliphatic carbocycles. The average molecular weight is 226 g/mol. The average Bonchev–Trinajstić information content (AvgIpc) is 1.97. The first kappa shape index (κ1) is 12.9. The van der Waals surface area contributed by atoms with Gasteiger partial charge in [0.2, 0.25) is 0 Å². The van der Waals surface area contributed by atoms with Crippen LogP contribution in [0.1, 0.15) is 34.1 Å². The Kier molecular flexibility index (Phi) is 3.24. The van der Waals surface area contributed by atoms with Crippen molar-refractivity contribution in [1.29, 1.82) is 0 Å². The monoisotopic (exact) mass is 226 g/mol. The summed E-state index contributed by atoms with van der Waals surface area (Å²) in [4.78, 5) is 22.9. The van der Waals surface area contributed by atoms with E-state index in [1.165, 1.54) is 20.8 Å². The van der Waals surface area contributed by atoms with Gasteiger partial charge in [-0.2, -0.15) is 0 Å².